The van der Waals surface area contributed by atoms with Gasteiger partial charge >= 0.3 is 5.97 Å². The van der Waals surface area contributed by atoms with Gasteiger partial charge in [-0.15, -0.1) is 0 Å². The highest BCUT2D eigenvalue weighted by atomic mass is 16.5. The third-order valence-corrected chi connectivity index (χ3v) is 3.45. The third kappa shape index (κ3) is 2.63. The number of carbonyl (C=O) groups excluding carboxylic acids is 1. The van der Waals surface area contributed by atoms with Crippen LogP contribution < -0.4 is 0 Å². The summed E-state index contributed by atoms with van der Waals surface area (Å²) in [6, 6.07) is 17.5. The maximum absolute atomic E-state index is 11.4. The Labute approximate surface area is 123 Å². The van der Waals surface area contributed by atoms with Crippen molar-refractivity contribution in [3.05, 3.63) is 65.7 Å². The van der Waals surface area contributed by atoms with Crippen LogP contribution in [0.3, 0.4) is 0 Å². The summed E-state index contributed by atoms with van der Waals surface area (Å²) in [5, 5.41) is 1.13. The lowest BCUT2D eigenvalue weighted by molar-refractivity contribution is 0.0601. The van der Waals surface area contributed by atoms with E-state index in [9.17, 15) is 4.79 Å². The summed E-state index contributed by atoms with van der Waals surface area (Å²) in [5.41, 5.74) is 4.60. The van der Waals surface area contributed by atoms with E-state index < -0.39 is 0 Å². The van der Waals surface area contributed by atoms with Crippen LogP contribution >= 0.6 is 0 Å². The monoisotopic (exact) mass is 277 g/mol. The first-order chi connectivity index (χ1) is 10.2. The van der Waals surface area contributed by atoms with Gasteiger partial charge in [0.2, 0.25) is 0 Å². The largest absolute Gasteiger partial charge is 0.465 e. The Morgan fingerprint density at radius 2 is 1.76 bits per heavy atom. The standard InChI is InChI=1S/C18H15NO2/c1-12-3-9-17-15(11-12)8-10-16(19-17)13-4-6-14(7-5-13)18(20)21-2/h3-11H,1-2H3. The molecule has 3 heteroatoms. The topological polar surface area (TPSA) is 39.2 Å². The minimum Gasteiger partial charge on any atom is -0.465 e. The number of benzene rings is 2. The van der Waals surface area contributed by atoms with Crippen molar-refractivity contribution in [2.45, 2.75) is 6.92 Å². The molecule has 0 unspecified atom stereocenters. The molecule has 0 aliphatic rings. The predicted molar refractivity (Wildman–Crippen MR) is 83.3 cm³/mol. The molecule has 21 heavy (non-hydrogen) atoms. The van der Waals surface area contributed by atoms with Crippen molar-refractivity contribution in [1.29, 1.82) is 0 Å². The molecule has 1 heterocycles. The van der Waals surface area contributed by atoms with Crippen molar-refractivity contribution in [1.82, 2.24) is 4.98 Å². The molecule has 3 rings (SSSR count). The van der Waals surface area contributed by atoms with Crippen LogP contribution in [0.4, 0.5) is 0 Å². The number of aryl methyl sites for hydroxylation is 1. The summed E-state index contributed by atoms with van der Waals surface area (Å²) in [6.45, 7) is 2.07. The second-order valence-electron chi connectivity index (χ2n) is 4.96. The van der Waals surface area contributed by atoms with E-state index in [0.717, 1.165) is 22.2 Å². The molecule has 0 aliphatic heterocycles. The van der Waals surface area contributed by atoms with Gasteiger partial charge in [0.05, 0.1) is 23.9 Å². The van der Waals surface area contributed by atoms with E-state index in [-0.39, 0.29) is 5.97 Å². The van der Waals surface area contributed by atoms with E-state index in [0.29, 0.717) is 5.56 Å². The summed E-state index contributed by atoms with van der Waals surface area (Å²) >= 11 is 0. The summed E-state index contributed by atoms with van der Waals surface area (Å²) in [5.74, 6) is -0.330. The summed E-state index contributed by atoms with van der Waals surface area (Å²) in [7, 11) is 1.38. The van der Waals surface area contributed by atoms with Crippen LogP contribution in [0.2, 0.25) is 0 Å². The van der Waals surface area contributed by atoms with Crippen LogP contribution in [-0.2, 0) is 4.74 Å². The molecule has 1 aromatic heterocycles. The van der Waals surface area contributed by atoms with Crippen molar-refractivity contribution < 1.29 is 9.53 Å². The van der Waals surface area contributed by atoms with Gasteiger partial charge in [0.25, 0.3) is 0 Å². The summed E-state index contributed by atoms with van der Waals surface area (Å²) in [4.78, 5) is 16.1. The van der Waals surface area contributed by atoms with Crippen molar-refractivity contribution >= 4 is 16.9 Å². The molecule has 0 atom stereocenters. The molecule has 0 amide bonds. The smallest absolute Gasteiger partial charge is 0.337 e. The van der Waals surface area contributed by atoms with Crippen LogP contribution in [0.15, 0.2) is 54.6 Å². The molecule has 2 aromatic carbocycles. The molecule has 0 radical (unpaired) electrons. The Morgan fingerprint density at radius 1 is 1.00 bits per heavy atom. The molecule has 3 aromatic rings. The number of nitrogens with zero attached hydrogens (tertiary/aromatic N) is 1. The molecular formula is C18H15NO2. The van der Waals surface area contributed by atoms with Gasteiger partial charge in [0.1, 0.15) is 0 Å². The molecule has 3 nitrogen and oxygen atoms in total. The maximum Gasteiger partial charge on any atom is 0.337 e. The first-order valence-electron chi connectivity index (χ1n) is 6.73. The molecule has 0 spiro atoms. The fraction of sp³-hybridized carbons (Fsp3) is 0.111. The van der Waals surface area contributed by atoms with Gasteiger partial charge in [-0.1, -0.05) is 29.8 Å². The minimum absolute atomic E-state index is 0.330. The number of carbonyl (C=O) groups is 1. The van der Waals surface area contributed by atoms with E-state index >= 15 is 0 Å². The molecule has 0 bridgehead atoms. The number of fused-ring (bicyclic) bond motifs is 1. The lowest BCUT2D eigenvalue weighted by Crippen LogP contribution is -2.00. The van der Waals surface area contributed by atoms with E-state index in [1.807, 2.05) is 24.3 Å². The highest BCUT2D eigenvalue weighted by molar-refractivity contribution is 5.90. The maximum atomic E-state index is 11.4. The Kier molecular flexibility index (Phi) is 3.40. The Bertz CT molecular complexity index is 807. The van der Waals surface area contributed by atoms with Gasteiger partial charge in [-0.2, -0.15) is 0 Å². The molecule has 0 N–H and O–H groups in total. The van der Waals surface area contributed by atoms with E-state index in [1.165, 1.54) is 12.7 Å². The quantitative estimate of drug-likeness (QED) is 0.665. The highest BCUT2D eigenvalue weighted by Gasteiger charge is 2.06. The number of esters is 1. The number of ether oxygens (including phenoxy) is 1. The molecular weight excluding hydrogens is 262 g/mol. The average molecular weight is 277 g/mol. The SMILES string of the molecule is COC(=O)c1ccc(-c2ccc3cc(C)ccc3n2)cc1. The summed E-state index contributed by atoms with van der Waals surface area (Å²) < 4.78 is 4.70. The van der Waals surface area contributed by atoms with Gasteiger partial charge in [0.15, 0.2) is 0 Å². The van der Waals surface area contributed by atoms with Crippen LogP contribution in [-0.4, -0.2) is 18.1 Å². The van der Waals surface area contributed by atoms with Crippen LogP contribution in [0.5, 0.6) is 0 Å². The van der Waals surface area contributed by atoms with Crippen LogP contribution in [0.1, 0.15) is 15.9 Å². The number of hydrogen-bond acceptors (Lipinski definition) is 3. The van der Waals surface area contributed by atoms with Crippen molar-refractivity contribution in [2.75, 3.05) is 7.11 Å². The molecule has 0 saturated carbocycles. The fourth-order valence-corrected chi connectivity index (χ4v) is 2.30. The zero-order valence-electron chi connectivity index (χ0n) is 12.0. The van der Waals surface area contributed by atoms with Gasteiger partial charge in [-0.05, 0) is 37.3 Å². The first kappa shape index (κ1) is 13.3. The van der Waals surface area contributed by atoms with Crippen LogP contribution in [0, 0.1) is 6.92 Å². The molecule has 104 valence electrons. The Hall–Kier alpha value is -2.68. The van der Waals surface area contributed by atoms with Gasteiger partial charge in [-0.25, -0.2) is 9.78 Å². The average Bonchev–Trinajstić information content (AvgIpc) is 2.53. The third-order valence-electron chi connectivity index (χ3n) is 3.45. The highest BCUT2D eigenvalue weighted by Crippen LogP contribution is 2.22. The normalized spacial score (nSPS) is 10.6. The fourth-order valence-electron chi connectivity index (χ4n) is 2.30. The number of rotatable bonds is 2. The van der Waals surface area contributed by atoms with Gasteiger partial charge in [0, 0.05) is 10.9 Å². The first-order valence-corrected chi connectivity index (χ1v) is 6.73. The van der Waals surface area contributed by atoms with Gasteiger partial charge < -0.3 is 4.74 Å². The van der Waals surface area contributed by atoms with Crippen LogP contribution in [0.25, 0.3) is 22.2 Å². The second kappa shape index (κ2) is 5.37. The molecule has 0 fully saturated rings. The van der Waals surface area contributed by atoms with E-state index in [2.05, 4.69) is 30.1 Å². The Morgan fingerprint density at radius 3 is 2.48 bits per heavy atom. The van der Waals surface area contributed by atoms with E-state index in [1.54, 1.807) is 12.1 Å². The zero-order valence-corrected chi connectivity index (χ0v) is 12.0. The summed E-state index contributed by atoms with van der Waals surface area (Å²) in [6.07, 6.45) is 0. The van der Waals surface area contributed by atoms with Crippen molar-refractivity contribution in [3.8, 4) is 11.3 Å². The van der Waals surface area contributed by atoms with Crippen molar-refractivity contribution in [2.24, 2.45) is 0 Å². The van der Waals surface area contributed by atoms with E-state index in [4.69, 9.17) is 4.74 Å². The zero-order chi connectivity index (χ0) is 14.8. The predicted octanol–water partition coefficient (Wildman–Crippen LogP) is 4.00. The molecule has 0 saturated heterocycles. The number of methoxy groups -OCH3 is 1. The second-order valence-corrected chi connectivity index (χ2v) is 4.96. The minimum atomic E-state index is -0.330. The Balaban J connectivity index is 2.00. The number of aromatic nitrogens is 1. The number of hydrogen-bond donors (Lipinski definition) is 0. The van der Waals surface area contributed by atoms with Gasteiger partial charge in [-0.3, -0.25) is 0 Å². The lowest BCUT2D eigenvalue weighted by atomic mass is 10.1. The number of pyridine rings is 1. The van der Waals surface area contributed by atoms with Crippen molar-refractivity contribution in [3.63, 3.8) is 0 Å². The molecule has 0 aliphatic carbocycles. The lowest BCUT2D eigenvalue weighted by Gasteiger charge is -2.05.